The van der Waals surface area contributed by atoms with Crippen LogP contribution in [0.15, 0.2) is 77.7 Å². The molecule has 0 aromatic heterocycles. The number of hydrogen-bond donors (Lipinski definition) is 2. The molecule has 166 valence electrons. The largest absolute Gasteiger partial charge is 0.497 e. The lowest BCUT2D eigenvalue weighted by molar-refractivity contribution is 0.0695. The van der Waals surface area contributed by atoms with Crippen molar-refractivity contribution in [1.29, 1.82) is 0 Å². The van der Waals surface area contributed by atoms with Crippen molar-refractivity contribution in [3.05, 3.63) is 83.9 Å². The van der Waals surface area contributed by atoms with Gasteiger partial charge < -0.3 is 20.1 Å². The summed E-state index contributed by atoms with van der Waals surface area (Å²) in [6.07, 6.45) is 0.796. The standard InChI is InChI=1S/C26H28N2O2S2/c1-26(2)16-23(22-15-20(29-3)13-14-24(22)30-26)28-25(31)27-19-11-9-18(10-12-19)17-32-21-7-5-4-6-8-21/h4-15,23H,16-17H2,1-3H3,(H2,27,28,31)/t23-/m1/s1. The summed E-state index contributed by atoms with van der Waals surface area (Å²) in [7, 11) is 1.67. The zero-order valence-corrected chi connectivity index (χ0v) is 20.2. The lowest BCUT2D eigenvalue weighted by Crippen LogP contribution is -2.42. The zero-order chi connectivity index (χ0) is 22.6. The molecule has 0 aliphatic carbocycles. The summed E-state index contributed by atoms with van der Waals surface area (Å²) in [5.74, 6) is 2.60. The van der Waals surface area contributed by atoms with Gasteiger partial charge in [-0.25, -0.2) is 0 Å². The van der Waals surface area contributed by atoms with E-state index in [2.05, 4.69) is 73.0 Å². The zero-order valence-electron chi connectivity index (χ0n) is 18.6. The maximum absolute atomic E-state index is 6.16. The Kier molecular flexibility index (Phi) is 6.92. The third kappa shape index (κ3) is 5.75. The Morgan fingerprint density at radius 2 is 1.84 bits per heavy atom. The number of thioether (sulfide) groups is 1. The lowest BCUT2D eigenvalue weighted by Gasteiger charge is -2.38. The molecule has 4 nitrogen and oxygen atoms in total. The second kappa shape index (κ2) is 9.84. The van der Waals surface area contributed by atoms with Crippen LogP contribution in [0.5, 0.6) is 11.5 Å². The van der Waals surface area contributed by atoms with Gasteiger partial charge in [-0.05, 0) is 74.1 Å². The molecule has 32 heavy (non-hydrogen) atoms. The molecule has 1 atom stereocenters. The maximum atomic E-state index is 6.16. The summed E-state index contributed by atoms with van der Waals surface area (Å²) in [4.78, 5) is 1.27. The summed E-state index contributed by atoms with van der Waals surface area (Å²) < 4.78 is 11.6. The summed E-state index contributed by atoms with van der Waals surface area (Å²) in [5, 5.41) is 7.38. The first-order valence-corrected chi connectivity index (χ1v) is 12.0. The summed E-state index contributed by atoms with van der Waals surface area (Å²) >= 11 is 7.46. The van der Waals surface area contributed by atoms with E-state index in [1.165, 1.54) is 10.5 Å². The van der Waals surface area contributed by atoms with Gasteiger partial charge in [-0.1, -0.05) is 30.3 Å². The lowest BCUT2D eigenvalue weighted by atomic mass is 9.89. The quantitative estimate of drug-likeness (QED) is 0.317. The first-order valence-electron chi connectivity index (χ1n) is 10.6. The highest BCUT2D eigenvalue weighted by Gasteiger charge is 2.34. The van der Waals surface area contributed by atoms with Crippen molar-refractivity contribution in [2.24, 2.45) is 0 Å². The van der Waals surface area contributed by atoms with Crippen LogP contribution in [0.4, 0.5) is 5.69 Å². The normalized spacial score (nSPS) is 16.4. The van der Waals surface area contributed by atoms with E-state index in [1.54, 1.807) is 7.11 Å². The number of fused-ring (bicyclic) bond motifs is 1. The second-order valence-electron chi connectivity index (χ2n) is 8.42. The molecule has 0 bridgehead atoms. The minimum Gasteiger partial charge on any atom is -0.497 e. The van der Waals surface area contributed by atoms with E-state index in [0.29, 0.717) is 5.11 Å². The summed E-state index contributed by atoms with van der Waals surface area (Å²) in [6.45, 7) is 4.19. The van der Waals surface area contributed by atoms with Crippen molar-refractivity contribution in [3.63, 3.8) is 0 Å². The van der Waals surface area contributed by atoms with E-state index < -0.39 is 0 Å². The van der Waals surface area contributed by atoms with Gasteiger partial charge in [0.25, 0.3) is 0 Å². The molecule has 1 heterocycles. The fraction of sp³-hybridized carbons (Fsp3) is 0.269. The van der Waals surface area contributed by atoms with E-state index in [0.717, 1.165) is 34.9 Å². The van der Waals surface area contributed by atoms with Crippen molar-refractivity contribution in [2.45, 2.75) is 42.6 Å². The average molecular weight is 465 g/mol. The average Bonchev–Trinajstić information content (AvgIpc) is 2.78. The van der Waals surface area contributed by atoms with Crippen LogP contribution in [0.2, 0.25) is 0 Å². The third-order valence-corrected chi connectivity index (χ3v) is 6.64. The molecule has 0 spiro atoms. The number of anilines is 1. The number of methoxy groups -OCH3 is 1. The van der Waals surface area contributed by atoms with Gasteiger partial charge in [0.05, 0.1) is 13.2 Å². The molecular formula is C26H28N2O2S2. The summed E-state index contributed by atoms with van der Waals surface area (Å²) in [5.41, 5.74) is 3.01. The van der Waals surface area contributed by atoms with Crippen LogP contribution in [0.1, 0.15) is 37.4 Å². The van der Waals surface area contributed by atoms with Crippen LogP contribution in [0.3, 0.4) is 0 Å². The molecule has 4 rings (SSSR count). The highest BCUT2D eigenvalue weighted by molar-refractivity contribution is 7.98. The molecule has 6 heteroatoms. The molecule has 0 fully saturated rings. The van der Waals surface area contributed by atoms with Crippen molar-refractivity contribution < 1.29 is 9.47 Å². The van der Waals surface area contributed by atoms with Gasteiger partial charge in [0.1, 0.15) is 17.1 Å². The minimum absolute atomic E-state index is 0.0328. The van der Waals surface area contributed by atoms with Crippen LogP contribution in [-0.4, -0.2) is 17.8 Å². The first-order chi connectivity index (χ1) is 15.4. The molecule has 0 radical (unpaired) electrons. The van der Waals surface area contributed by atoms with Crippen molar-refractivity contribution in [3.8, 4) is 11.5 Å². The van der Waals surface area contributed by atoms with Crippen molar-refractivity contribution >= 4 is 34.8 Å². The van der Waals surface area contributed by atoms with Crippen molar-refractivity contribution in [2.75, 3.05) is 12.4 Å². The molecule has 1 aliphatic heterocycles. The van der Waals surface area contributed by atoms with Gasteiger partial charge >= 0.3 is 0 Å². The highest BCUT2D eigenvalue weighted by atomic mass is 32.2. The van der Waals surface area contributed by atoms with E-state index in [-0.39, 0.29) is 11.6 Å². The van der Waals surface area contributed by atoms with Crippen LogP contribution < -0.4 is 20.1 Å². The monoisotopic (exact) mass is 464 g/mol. The highest BCUT2D eigenvalue weighted by Crippen LogP contribution is 2.41. The molecule has 3 aromatic rings. The molecule has 0 saturated heterocycles. The van der Waals surface area contributed by atoms with Crippen LogP contribution in [-0.2, 0) is 5.75 Å². The van der Waals surface area contributed by atoms with Gasteiger partial charge in [-0.3, -0.25) is 0 Å². The van der Waals surface area contributed by atoms with Gasteiger partial charge in [-0.15, -0.1) is 11.8 Å². The minimum atomic E-state index is -0.285. The Morgan fingerprint density at radius 1 is 1.09 bits per heavy atom. The number of thiocarbonyl (C=S) groups is 1. The first kappa shape index (κ1) is 22.5. The van der Waals surface area contributed by atoms with Gasteiger partial charge in [0.15, 0.2) is 5.11 Å². The molecule has 0 saturated carbocycles. The molecule has 1 aliphatic rings. The second-order valence-corrected chi connectivity index (χ2v) is 9.88. The fourth-order valence-electron chi connectivity index (χ4n) is 3.78. The molecule has 0 amide bonds. The number of rotatable bonds is 6. The Morgan fingerprint density at radius 3 is 2.56 bits per heavy atom. The van der Waals surface area contributed by atoms with E-state index in [1.807, 2.05) is 36.0 Å². The number of ether oxygens (including phenoxy) is 2. The van der Waals surface area contributed by atoms with E-state index >= 15 is 0 Å². The van der Waals surface area contributed by atoms with Crippen LogP contribution in [0, 0.1) is 0 Å². The van der Waals surface area contributed by atoms with E-state index in [4.69, 9.17) is 21.7 Å². The smallest absolute Gasteiger partial charge is 0.171 e. The molecule has 2 N–H and O–H groups in total. The van der Waals surface area contributed by atoms with Gasteiger partial charge in [-0.2, -0.15) is 0 Å². The summed E-state index contributed by atoms with van der Waals surface area (Å²) in [6, 6.07) is 24.8. The molecular weight excluding hydrogens is 436 g/mol. The van der Waals surface area contributed by atoms with E-state index in [9.17, 15) is 0 Å². The predicted octanol–water partition coefficient (Wildman–Crippen LogP) is 6.58. The Balaban J connectivity index is 1.38. The number of benzene rings is 3. The number of hydrogen-bond acceptors (Lipinski definition) is 4. The van der Waals surface area contributed by atoms with Gasteiger partial charge in [0, 0.05) is 28.3 Å². The molecule has 3 aromatic carbocycles. The van der Waals surface area contributed by atoms with Crippen LogP contribution >= 0.6 is 24.0 Å². The Labute approximate surface area is 199 Å². The maximum Gasteiger partial charge on any atom is 0.171 e. The number of nitrogens with one attached hydrogen (secondary N) is 2. The van der Waals surface area contributed by atoms with Crippen LogP contribution in [0.25, 0.3) is 0 Å². The Bertz CT molecular complexity index is 1070. The SMILES string of the molecule is COc1ccc2c(c1)[C@H](NC(=S)Nc1ccc(CSc3ccccc3)cc1)CC(C)(C)O2. The fourth-order valence-corrected chi connectivity index (χ4v) is 4.92. The molecule has 0 unspecified atom stereocenters. The third-order valence-electron chi connectivity index (χ3n) is 5.34. The van der Waals surface area contributed by atoms with Gasteiger partial charge in [0.2, 0.25) is 0 Å². The predicted molar refractivity (Wildman–Crippen MR) is 137 cm³/mol. The Hall–Kier alpha value is -2.70. The van der Waals surface area contributed by atoms with Crippen molar-refractivity contribution in [1.82, 2.24) is 5.32 Å². The topological polar surface area (TPSA) is 42.5 Å².